The molecule has 0 unspecified atom stereocenters. The summed E-state index contributed by atoms with van der Waals surface area (Å²) in [7, 11) is 1.70. The van der Waals surface area contributed by atoms with E-state index < -0.39 is 0 Å². The maximum absolute atomic E-state index is 5.54. The second-order valence-corrected chi connectivity index (χ2v) is 7.26. The molecule has 0 saturated heterocycles. The maximum Gasteiger partial charge on any atom is 0.119 e. The molecule has 24 heavy (non-hydrogen) atoms. The first-order chi connectivity index (χ1) is 11.8. The summed E-state index contributed by atoms with van der Waals surface area (Å²) in [5.41, 5.74) is 0. The Kier molecular flexibility index (Phi) is 20.9. The number of hydrogen-bond acceptors (Lipinski definition) is 2. The van der Waals surface area contributed by atoms with Gasteiger partial charge >= 0.3 is 0 Å². The standard InChI is InChI=1S/C22H45O2/c1-4-5-6-7-8-9-10-11-12-13-14-15-16-17-18-19-20-24-21-22(2)23-3/h4-21H2,1-3H3. The van der Waals surface area contributed by atoms with Gasteiger partial charge in [-0.05, 0) is 13.3 Å². The second kappa shape index (κ2) is 21.0. The van der Waals surface area contributed by atoms with Gasteiger partial charge in [0.25, 0.3) is 0 Å². The minimum atomic E-state index is 0.648. The Morgan fingerprint density at radius 2 is 0.958 bits per heavy atom. The van der Waals surface area contributed by atoms with Crippen molar-refractivity contribution in [3.05, 3.63) is 6.10 Å². The Hall–Kier alpha value is -0.0800. The monoisotopic (exact) mass is 341 g/mol. The molecular weight excluding hydrogens is 296 g/mol. The predicted molar refractivity (Wildman–Crippen MR) is 106 cm³/mol. The van der Waals surface area contributed by atoms with Crippen molar-refractivity contribution in [2.45, 2.75) is 117 Å². The van der Waals surface area contributed by atoms with Crippen LogP contribution in [0.3, 0.4) is 0 Å². The summed E-state index contributed by atoms with van der Waals surface area (Å²) in [6, 6.07) is 0. The van der Waals surface area contributed by atoms with E-state index in [1.54, 1.807) is 7.11 Å². The van der Waals surface area contributed by atoms with E-state index in [0.717, 1.165) is 12.7 Å². The van der Waals surface area contributed by atoms with Gasteiger partial charge in [0, 0.05) is 13.7 Å². The van der Waals surface area contributed by atoms with Crippen LogP contribution in [0.1, 0.15) is 117 Å². The van der Waals surface area contributed by atoms with Crippen molar-refractivity contribution in [2.75, 3.05) is 20.3 Å². The second-order valence-electron chi connectivity index (χ2n) is 7.26. The minimum Gasteiger partial charge on any atom is -0.378 e. The summed E-state index contributed by atoms with van der Waals surface area (Å²) in [6.07, 6.45) is 23.6. The Bertz CT molecular complexity index is 218. The Morgan fingerprint density at radius 1 is 0.583 bits per heavy atom. The average molecular weight is 342 g/mol. The molecule has 0 aliphatic rings. The van der Waals surface area contributed by atoms with Crippen molar-refractivity contribution in [2.24, 2.45) is 0 Å². The normalized spacial score (nSPS) is 11.5. The lowest BCUT2D eigenvalue weighted by Crippen LogP contribution is -2.06. The quantitative estimate of drug-likeness (QED) is 0.214. The van der Waals surface area contributed by atoms with Crippen LogP contribution in [0.4, 0.5) is 0 Å². The zero-order valence-electron chi connectivity index (χ0n) is 17.0. The predicted octanol–water partition coefficient (Wildman–Crippen LogP) is 7.46. The van der Waals surface area contributed by atoms with Crippen LogP contribution in [0, 0.1) is 6.10 Å². The van der Waals surface area contributed by atoms with Gasteiger partial charge in [0.05, 0.1) is 6.61 Å². The highest BCUT2D eigenvalue weighted by Gasteiger charge is 1.99. The average Bonchev–Trinajstić information content (AvgIpc) is 2.60. The molecule has 0 spiro atoms. The summed E-state index contributed by atoms with van der Waals surface area (Å²) in [6.45, 7) is 5.78. The molecule has 0 atom stereocenters. The van der Waals surface area contributed by atoms with E-state index in [-0.39, 0.29) is 0 Å². The Morgan fingerprint density at radius 3 is 1.33 bits per heavy atom. The number of rotatable bonds is 20. The first kappa shape index (κ1) is 23.9. The number of unbranched alkanes of at least 4 members (excludes halogenated alkanes) is 15. The smallest absolute Gasteiger partial charge is 0.119 e. The molecule has 2 heteroatoms. The van der Waals surface area contributed by atoms with Gasteiger partial charge in [-0.25, -0.2) is 0 Å². The molecule has 0 aliphatic carbocycles. The molecule has 145 valence electrons. The van der Waals surface area contributed by atoms with Crippen molar-refractivity contribution in [1.82, 2.24) is 0 Å². The molecule has 0 saturated carbocycles. The van der Waals surface area contributed by atoms with Gasteiger partial charge in [-0.3, -0.25) is 0 Å². The number of hydrogen-bond donors (Lipinski definition) is 0. The van der Waals surface area contributed by atoms with E-state index in [9.17, 15) is 0 Å². The topological polar surface area (TPSA) is 18.5 Å². The van der Waals surface area contributed by atoms with Gasteiger partial charge < -0.3 is 9.47 Å². The largest absolute Gasteiger partial charge is 0.378 e. The molecule has 0 aromatic carbocycles. The highest BCUT2D eigenvalue weighted by molar-refractivity contribution is 4.68. The highest BCUT2D eigenvalue weighted by Crippen LogP contribution is 2.13. The van der Waals surface area contributed by atoms with E-state index in [0.29, 0.717) is 6.61 Å². The van der Waals surface area contributed by atoms with Crippen LogP contribution in [-0.2, 0) is 9.47 Å². The van der Waals surface area contributed by atoms with Crippen LogP contribution in [0.25, 0.3) is 0 Å². The van der Waals surface area contributed by atoms with Gasteiger partial charge in [0.1, 0.15) is 6.10 Å². The fourth-order valence-electron chi connectivity index (χ4n) is 3.03. The molecule has 0 aromatic heterocycles. The highest BCUT2D eigenvalue weighted by atomic mass is 16.5. The Balaban J connectivity index is 2.98. The van der Waals surface area contributed by atoms with E-state index in [1.165, 1.54) is 103 Å². The third-order valence-corrected chi connectivity index (χ3v) is 4.80. The summed E-state index contributed by atoms with van der Waals surface area (Å²) in [5, 5.41) is 0. The molecule has 0 rings (SSSR count). The van der Waals surface area contributed by atoms with E-state index in [2.05, 4.69) is 6.92 Å². The SMILES string of the molecule is CCCCCCCCCCCCCCCCCCOC[C](C)OC. The van der Waals surface area contributed by atoms with Crippen LogP contribution in [0.15, 0.2) is 0 Å². The summed E-state index contributed by atoms with van der Waals surface area (Å²) >= 11 is 0. The van der Waals surface area contributed by atoms with Crippen LogP contribution in [-0.4, -0.2) is 20.3 Å². The molecule has 0 N–H and O–H groups in total. The van der Waals surface area contributed by atoms with Crippen molar-refractivity contribution in [3.63, 3.8) is 0 Å². The summed E-state index contributed by atoms with van der Waals surface area (Å²) in [4.78, 5) is 0. The van der Waals surface area contributed by atoms with E-state index in [4.69, 9.17) is 9.47 Å². The molecule has 0 bridgehead atoms. The molecule has 2 nitrogen and oxygen atoms in total. The third-order valence-electron chi connectivity index (χ3n) is 4.80. The summed E-state index contributed by atoms with van der Waals surface area (Å²) < 4.78 is 10.6. The van der Waals surface area contributed by atoms with Gasteiger partial charge in [0.2, 0.25) is 0 Å². The molecule has 0 fully saturated rings. The lowest BCUT2D eigenvalue weighted by molar-refractivity contribution is 0.0758. The van der Waals surface area contributed by atoms with Crippen LogP contribution in [0.2, 0.25) is 0 Å². The van der Waals surface area contributed by atoms with E-state index >= 15 is 0 Å². The van der Waals surface area contributed by atoms with Gasteiger partial charge in [-0.15, -0.1) is 0 Å². The zero-order valence-corrected chi connectivity index (χ0v) is 17.0. The first-order valence-corrected chi connectivity index (χ1v) is 10.8. The van der Waals surface area contributed by atoms with Crippen molar-refractivity contribution in [3.8, 4) is 0 Å². The Labute approximate surface area is 153 Å². The van der Waals surface area contributed by atoms with Gasteiger partial charge in [-0.1, -0.05) is 103 Å². The minimum absolute atomic E-state index is 0.648. The van der Waals surface area contributed by atoms with Crippen LogP contribution in [0.5, 0.6) is 0 Å². The lowest BCUT2D eigenvalue weighted by Gasteiger charge is -2.08. The molecule has 0 aromatic rings. The molecule has 0 aliphatic heterocycles. The molecule has 0 amide bonds. The van der Waals surface area contributed by atoms with Crippen molar-refractivity contribution in [1.29, 1.82) is 0 Å². The summed E-state index contributed by atoms with van der Waals surface area (Å²) in [5.74, 6) is 0. The number of methoxy groups -OCH3 is 1. The maximum atomic E-state index is 5.54. The zero-order chi connectivity index (χ0) is 17.7. The van der Waals surface area contributed by atoms with Gasteiger partial charge in [-0.2, -0.15) is 0 Å². The molecule has 0 heterocycles. The van der Waals surface area contributed by atoms with Gasteiger partial charge in [0.15, 0.2) is 0 Å². The molecule has 1 radical (unpaired) electrons. The first-order valence-electron chi connectivity index (χ1n) is 10.8. The van der Waals surface area contributed by atoms with Crippen LogP contribution >= 0.6 is 0 Å². The fourth-order valence-corrected chi connectivity index (χ4v) is 3.03. The molecular formula is C22H45O2. The van der Waals surface area contributed by atoms with Crippen LogP contribution < -0.4 is 0 Å². The third kappa shape index (κ3) is 20.0. The number of ether oxygens (including phenoxy) is 2. The van der Waals surface area contributed by atoms with Crippen molar-refractivity contribution < 1.29 is 9.47 Å². The van der Waals surface area contributed by atoms with Crippen molar-refractivity contribution >= 4 is 0 Å². The fraction of sp³-hybridized carbons (Fsp3) is 0.955. The lowest BCUT2D eigenvalue weighted by atomic mass is 10.0. The van der Waals surface area contributed by atoms with E-state index in [1.807, 2.05) is 6.92 Å².